The van der Waals surface area contributed by atoms with Crippen LogP contribution in [0.4, 0.5) is 0 Å². The molecule has 226 valence electrons. The van der Waals surface area contributed by atoms with Crippen LogP contribution in [-0.2, 0) is 20.8 Å². The fourth-order valence-electron chi connectivity index (χ4n) is 5.36. The number of nitrogens with zero attached hydrogens (tertiary/aromatic N) is 2. The molecule has 0 bridgehead atoms. The second-order valence-electron chi connectivity index (χ2n) is 11.0. The fraction of sp³-hybridized carbons (Fsp3) is 0.613. The molecule has 1 aromatic heterocycles. The Bertz CT molecular complexity index is 1180. The minimum absolute atomic E-state index is 0.165. The monoisotopic (exact) mass is 603 g/mol. The topological polar surface area (TPSA) is 103 Å². The fourth-order valence-corrected chi connectivity index (χ4v) is 6.65. The van der Waals surface area contributed by atoms with E-state index in [0.29, 0.717) is 42.4 Å². The summed E-state index contributed by atoms with van der Waals surface area (Å²) in [6.07, 6.45) is 7.97. The van der Waals surface area contributed by atoms with Gasteiger partial charge >= 0.3 is 0 Å². The number of amides is 3. The highest BCUT2D eigenvalue weighted by Gasteiger charge is 2.27. The number of aromatic nitrogens is 1. The first-order valence-electron chi connectivity index (χ1n) is 15.0. The normalized spacial score (nSPS) is 15.4. The van der Waals surface area contributed by atoms with E-state index < -0.39 is 6.04 Å². The number of halogens is 1. The van der Waals surface area contributed by atoms with Crippen LogP contribution in [0.15, 0.2) is 30.4 Å². The first-order chi connectivity index (χ1) is 19.7. The maximum Gasteiger partial charge on any atom is 0.247 e. The molecule has 1 aliphatic carbocycles. The third-order valence-corrected chi connectivity index (χ3v) is 9.01. The number of fused-ring (bicyclic) bond motifs is 1. The molecular formula is C31H46ClN5O3S. The molecule has 3 amide bonds. The molecule has 0 spiro atoms. The summed E-state index contributed by atoms with van der Waals surface area (Å²) in [5.41, 5.74) is 1.33. The summed E-state index contributed by atoms with van der Waals surface area (Å²) in [4.78, 5) is 46.0. The summed E-state index contributed by atoms with van der Waals surface area (Å²) in [7, 11) is 0. The van der Waals surface area contributed by atoms with Gasteiger partial charge in [-0.1, -0.05) is 71.1 Å². The van der Waals surface area contributed by atoms with Crippen molar-refractivity contribution in [2.75, 3.05) is 26.2 Å². The third-order valence-electron chi connectivity index (χ3n) is 7.73. The van der Waals surface area contributed by atoms with Crippen molar-refractivity contribution in [1.29, 1.82) is 0 Å². The Morgan fingerprint density at radius 2 is 1.85 bits per heavy atom. The van der Waals surface area contributed by atoms with Crippen LogP contribution in [-0.4, -0.2) is 65.9 Å². The molecule has 10 heteroatoms. The molecule has 1 fully saturated rings. The van der Waals surface area contributed by atoms with Crippen LogP contribution in [0.3, 0.4) is 0 Å². The van der Waals surface area contributed by atoms with Gasteiger partial charge in [0.05, 0.1) is 15.2 Å². The Labute approximate surface area is 253 Å². The van der Waals surface area contributed by atoms with Crippen LogP contribution < -0.4 is 16.0 Å². The Morgan fingerprint density at radius 3 is 2.54 bits per heavy atom. The van der Waals surface area contributed by atoms with E-state index in [1.807, 2.05) is 19.1 Å². The van der Waals surface area contributed by atoms with Crippen molar-refractivity contribution >= 4 is 50.9 Å². The predicted molar refractivity (Wildman–Crippen MR) is 168 cm³/mol. The van der Waals surface area contributed by atoms with Crippen LogP contribution in [0.25, 0.3) is 10.2 Å². The lowest BCUT2D eigenvalue weighted by molar-refractivity contribution is -0.129. The van der Waals surface area contributed by atoms with Crippen molar-refractivity contribution in [1.82, 2.24) is 25.8 Å². The van der Waals surface area contributed by atoms with Crippen molar-refractivity contribution in [2.24, 2.45) is 5.92 Å². The van der Waals surface area contributed by atoms with E-state index in [9.17, 15) is 14.4 Å². The largest absolute Gasteiger partial charge is 0.350 e. The number of hydrogen-bond donors (Lipinski definition) is 3. The smallest absolute Gasteiger partial charge is 0.247 e. The molecule has 0 radical (unpaired) electrons. The highest BCUT2D eigenvalue weighted by molar-refractivity contribution is 7.18. The van der Waals surface area contributed by atoms with Crippen molar-refractivity contribution in [2.45, 2.75) is 90.6 Å². The van der Waals surface area contributed by atoms with Crippen molar-refractivity contribution in [3.05, 3.63) is 40.4 Å². The minimum Gasteiger partial charge on any atom is -0.350 e. The van der Waals surface area contributed by atoms with Gasteiger partial charge in [-0.25, -0.2) is 4.98 Å². The highest BCUT2D eigenvalue weighted by atomic mass is 35.5. The van der Waals surface area contributed by atoms with Gasteiger partial charge in [0.25, 0.3) is 0 Å². The first kappa shape index (κ1) is 33.0. The zero-order valence-electron chi connectivity index (χ0n) is 24.8. The van der Waals surface area contributed by atoms with Crippen LogP contribution in [0, 0.1) is 5.92 Å². The number of carbonyl (C=O) groups is 3. The summed E-state index contributed by atoms with van der Waals surface area (Å²) in [5, 5.41) is 10.5. The molecule has 1 saturated carbocycles. The maximum atomic E-state index is 13.7. The standard InChI is InChI=1S/C31H46ClN5O3S/c1-5-11-28(38)35-26(18-29-36-25-15-14-23(32)17-27(25)41-29)31(40)34-24(16-22-12-9-8-10-13-22)19-33-30(39)21(4)20-37(6-2)7-3/h14-15,17,22,24,26H,4-13,16,18-20H2,1-3H3,(H,33,39)(H,34,40)(H,35,38)/t24-,26-/m0/s1. The summed E-state index contributed by atoms with van der Waals surface area (Å²) in [5.74, 6) is -0.127. The number of nitrogens with one attached hydrogen (secondary N) is 3. The number of hydrogen-bond acceptors (Lipinski definition) is 6. The summed E-state index contributed by atoms with van der Waals surface area (Å²) >= 11 is 7.63. The second-order valence-corrected chi connectivity index (χ2v) is 12.6. The van der Waals surface area contributed by atoms with Gasteiger partial charge in [-0.2, -0.15) is 0 Å². The SMILES string of the molecule is C=C(CN(CC)CC)C(=O)NC[C@H](CC1CCCCC1)NC(=O)[C@H](Cc1nc2ccc(Cl)cc2s1)NC(=O)CCC. The van der Waals surface area contributed by atoms with Gasteiger partial charge in [0.1, 0.15) is 6.04 Å². The summed E-state index contributed by atoms with van der Waals surface area (Å²) < 4.78 is 0.939. The Morgan fingerprint density at radius 1 is 1.12 bits per heavy atom. The molecule has 1 aliphatic rings. The number of benzene rings is 1. The molecule has 3 rings (SSSR count). The zero-order chi connectivity index (χ0) is 29.8. The quantitative estimate of drug-likeness (QED) is 0.228. The van der Waals surface area contributed by atoms with Gasteiger partial charge in [0, 0.05) is 42.6 Å². The lowest BCUT2D eigenvalue weighted by atomic mass is 9.84. The van der Waals surface area contributed by atoms with E-state index >= 15 is 0 Å². The molecule has 0 unspecified atom stereocenters. The van der Waals surface area contributed by atoms with Crippen LogP contribution in [0.2, 0.25) is 5.02 Å². The Kier molecular flexibility index (Phi) is 13.6. The summed E-state index contributed by atoms with van der Waals surface area (Å²) in [6.45, 7) is 12.6. The van der Waals surface area contributed by atoms with Crippen molar-refractivity contribution in [3.63, 3.8) is 0 Å². The minimum atomic E-state index is -0.771. The van der Waals surface area contributed by atoms with Gasteiger partial charge in [-0.3, -0.25) is 19.3 Å². The second kappa shape index (κ2) is 16.8. The lowest BCUT2D eigenvalue weighted by Gasteiger charge is -2.29. The highest BCUT2D eigenvalue weighted by Crippen LogP contribution is 2.28. The number of likely N-dealkylation sites (N-methyl/N-ethyl adjacent to an activating group) is 1. The van der Waals surface area contributed by atoms with Crippen molar-refractivity contribution < 1.29 is 14.4 Å². The Hall–Kier alpha value is -2.49. The van der Waals surface area contributed by atoms with E-state index in [1.165, 1.54) is 30.6 Å². The molecule has 8 nitrogen and oxygen atoms in total. The average molecular weight is 604 g/mol. The molecule has 2 aromatic rings. The van der Waals surface area contributed by atoms with Gasteiger partial charge in [0.2, 0.25) is 17.7 Å². The predicted octanol–water partition coefficient (Wildman–Crippen LogP) is 5.25. The number of carbonyl (C=O) groups excluding carboxylic acids is 3. The molecule has 41 heavy (non-hydrogen) atoms. The van der Waals surface area contributed by atoms with E-state index in [4.69, 9.17) is 11.6 Å². The lowest BCUT2D eigenvalue weighted by Crippen LogP contribution is -2.53. The van der Waals surface area contributed by atoms with Gasteiger partial charge in [-0.15, -0.1) is 11.3 Å². The number of rotatable bonds is 16. The van der Waals surface area contributed by atoms with Crippen LogP contribution >= 0.6 is 22.9 Å². The van der Waals surface area contributed by atoms with E-state index in [1.54, 1.807) is 6.07 Å². The van der Waals surface area contributed by atoms with Crippen LogP contribution in [0.5, 0.6) is 0 Å². The molecule has 1 aromatic carbocycles. The maximum absolute atomic E-state index is 13.7. The van der Waals surface area contributed by atoms with E-state index in [2.05, 4.69) is 46.3 Å². The van der Waals surface area contributed by atoms with Crippen molar-refractivity contribution in [3.8, 4) is 0 Å². The average Bonchev–Trinajstić information content (AvgIpc) is 3.35. The zero-order valence-corrected chi connectivity index (χ0v) is 26.3. The number of thiazole rings is 1. The molecule has 0 aliphatic heterocycles. The van der Waals surface area contributed by atoms with E-state index in [0.717, 1.165) is 47.6 Å². The molecule has 3 N–H and O–H groups in total. The van der Waals surface area contributed by atoms with Gasteiger partial charge in [-0.05, 0) is 50.0 Å². The van der Waals surface area contributed by atoms with Gasteiger partial charge < -0.3 is 16.0 Å². The molecular weight excluding hydrogens is 558 g/mol. The molecule has 0 saturated heterocycles. The third kappa shape index (κ3) is 10.7. The van der Waals surface area contributed by atoms with Gasteiger partial charge in [0.15, 0.2) is 0 Å². The molecule has 2 atom stereocenters. The van der Waals surface area contributed by atoms with E-state index in [-0.39, 0.29) is 30.2 Å². The summed E-state index contributed by atoms with van der Waals surface area (Å²) in [6, 6.07) is 4.49. The molecule has 1 heterocycles. The van der Waals surface area contributed by atoms with Crippen LogP contribution in [0.1, 0.15) is 77.1 Å². The first-order valence-corrected chi connectivity index (χ1v) is 16.2. The Balaban J connectivity index is 1.73.